The van der Waals surface area contributed by atoms with Crippen LogP contribution in [-0.4, -0.2) is 19.7 Å². The highest BCUT2D eigenvalue weighted by Gasteiger charge is 2.38. The van der Waals surface area contributed by atoms with Crippen molar-refractivity contribution in [1.82, 2.24) is 0 Å². The number of hydrogen-bond donors (Lipinski definition) is 0. The lowest BCUT2D eigenvalue weighted by molar-refractivity contribution is -0.154. The van der Waals surface area contributed by atoms with Gasteiger partial charge in [0.2, 0.25) is 0 Å². The van der Waals surface area contributed by atoms with Crippen LogP contribution in [0.4, 0.5) is 0 Å². The summed E-state index contributed by atoms with van der Waals surface area (Å²) < 4.78 is 10.7. The standard InChI is InChI=1S/C16H20O3/c1-18-15(17)16(10-6-3-7-11-16)13-19-12-14-8-4-2-5-9-14/h2,4-6,8-10H,3,7,11-13H2,1H3. The molecular weight excluding hydrogens is 240 g/mol. The van der Waals surface area contributed by atoms with E-state index >= 15 is 0 Å². The highest BCUT2D eigenvalue weighted by atomic mass is 16.5. The average molecular weight is 260 g/mol. The number of allylic oxidation sites excluding steroid dienone is 1. The van der Waals surface area contributed by atoms with Crippen LogP contribution in [0.1, 0.15) is 24.8 Å². The molecule has 0 N–H and O–H groups in total. The fourth-order valence-electron chi connectivity index (χ4n) is 2.41. The molecule has 19 heavy (non-hydrogen) atoms. The molecule has 0 heterocycles. The molecule has 1 aliphatic carbocycles. The van der Waals surface area contributed by atoms with Crippen LogP contribution in [0.3, 0.4) is 0 Å². The Morgan fingerprint density at radius 3 is 2.74 bits per heavy atom. The van der Waals surface area contributed by atoms with Crippen LogP contribution >= 0.6 is 0 Å². The monoisotopic (exact) mass is 260 g/mol. The minimum atomic E-state index is -0.595. The van der Waals surface area contributed by atoms with E-state index in [2.05, 4.69) is 0 Å². The second-order valence-corrected chi connectivity index (χ2v) is 4.92. The Bertz CT molecular complexity index is 439. The van der Waals surface area contributed by atoms with Gasteiger partial charge in [-0.1, -0.05) is 42.5 Å². The third kappa shape index (κ3) is 3.44. The van der Waals surface area contributed by atoms with E-state index in [1.165, 1.54) is 7.11 Å². The van der Waals surface area contributed by atoms with Crippen LogP contribution in [0.15, 0.2) is 42.5 Å². The molecule has 1 aromatic carbocycles. The van der Waals surface area contributed by atoms with Crippen LogP contribution in [-0.2, 0) is 20.9 Å². The van der Waals surface area contributed by atoms with Crippen molar-refractivity contribution in [2.24, 2.45) is 5.41 Å². The van der Waals surface area contributed by atoms with Crippen molar-refractivity contribution in [3.8, 4) is 0 Å². The van der Waals surface area contributed by atoms with E-state index in [0.29, 0.717) is 13.2 Å². The fourth-order valence-corrected chi connectivity index (χ4v) is 2.41. The first-order valence-electron chi connectivity index (χ1n) is 6.65. The van der Waals surface area contributed by atoms with Crippen molar-refractivity contribution < 1.29 is 14.3 Å². The van der Waals surface area contributed by atoms with Gasteiger partial charge in [0.15, 0.2) is 0 Å². The topological polar surface area (TPSA) is 35.5 Å². The van der Waals surface area contributed by atoms with Crippen molar-refractivity contribution in [3.63, 3.8) is 0 Å². The number of carbonyl (C=O) groups excluding carboxylic acids is 1. The first kappa shape index (κ1) is 13.8. The van der Waals surface area contributed by atoms with Crippen LogP contribution in [0.5, 0.6) is 0 Å². The molecule has 0 amide bonds. The van der Waals surface area contributed by atoms with Gasteiger partial charge in [-0.15, -0.1) is 0 Å². The molecule has 0 fully saturated rings. The summed E-state index contributed by atoms with van der Waals surface area (Å²) in [5, 5.41) is 0. The highest BCUT2D eigenvalue weighted by Crippen LogP contribution is 2.33. The summed E-state index contributed by atoms with van der Waals surface area (Å²) >= 11 is 0. The van der Waals surface area contributed by atoms with E-state index in [1.807, 2.05) is 42.5 Å². The molecule has 102 valence electrons. The van der Waals surface area contributed by atoms with E-state index in [9.17, 15) is 4.79 Å². The Labute approximate surface area is 114 Å². The third-order valence-corrected chi connectivity index (χ3v) is 3.49. The Balaban J connectivity index is 1.96. The van der Waals surface area contributed by atoms with Crippen molar-refractivity contribution in [2.75, 3.05) is 13.7 Å². The molecule has 0 aromatic heterocycles. The summed E-state index contributed by atoms with van der Waals surface area (Å²) in [4.78, 5) is 12.0. The van der Waals surface area contributed by atoms with Gasteiger partial charge in [-0.25, -0.2) is 0 Å². The van der Waals surface area contributed by atoms with Crippen LogP contribution < -0.4 is 0 Å². The summed E-state index contributed by atoms with van der Waals surface area (Å²) in [6, 6.07) is 9.97. The summed E-state index contributed by atoms with van der Waals surface area (Å²) in [6.45, 7) is 0.901. The average Bonchev–Trinajstić information content (AvgIpc) is 2.48. The molecule has 1 aromatic rings. The number of hydrogen-bond acceptors (Lipinski definition) is 3. The van der Waals surface area contributed by atoms with E-state index in [4.69, 9.17) is 9.47 Å². The molecule has 0 aliphatic heterocycles. The SMILES string of the molecule is COC(=O)C1(COCc2ccccc2)C=CCCC1. The number of esters is 1. The van der Waals surface area contributed by atoms with Gasteiger partial charge < -0.3 is 9.47 Å². The predicted molar refractivity (Wildman–Crippen MR) is 73.5 cm³/mol. The molecule has 1 unspecified atom stereocenters. The van der Waals surface area contributed by atoms with Crippen molar-refractivity contribution >= 4 is 5.97 Å². The van der Waals surface area contributed by atoms with E-state index in [-0.39, 0.29) is 5.97 Å². The summed E-state index contributed by atoms with van der Waals surface area (Å²) in [7, 11) is 1.43. The Morgan fingerprint density at radius 2 is 2.11 bits per heavy atom. The Morgan fingerprint density at radius 1 is 1.32 bits per heavy atom. The van der Waals surface area contributed by atoms with Gasteiger partial charge in [-0.2, -0.15) is 0 Å². The molecular formula is C16H20O3. The predicted octanol–water partition coefficient (Wildman–Crippen LogP) is 3.10. The van der Waals surface area contributed by atoms with E-state index in [0.717, 1.165) is 24.8 Å². The van der Waals surface area contributed by atoms with Crippen molar-refractivity contribution in [3.05, 3.63) is 48.0 Å². The molecule has 1 atom stereocenters. The third-order valence-electron chi connectivity index (χ3n) is 3.49. The van der Waals surface area contributed by atoms with E-state index < -0.39 is 5.41 Å². The van der Waals surface area contributed by atoms with Gasteiger partial charge >= 0.3 is 5.97 Å². The minimum absolute atomic E-state index is 0.198. The molecule has 2 rings (SSSR count). The highest BCUT2D eigenvalue weighted by molar-refractivity contribution is 5.79. The molecule has 0 radical (unpaired) electrons. The molecule has 3 nitrogen and oxygen atoms in total. The lowest BCUT2D eigenvalue weighted by atomic mass is 9.79. The molecule has 1 aliphatic rings. The zero-order valence-corrected chi connectivity index (χ0v) is 11.3. The minimum Gasteiger partial charge on any atom is -0.468 e. The lowest BCUT2D eigenvalue weighted by Crippen LogP contribution is -2.36. The van der Waals surface area contributed by atoms with Gasteiger partial charge in [-0.05, 0) is 24.8 Å². The first-order valence-corrected chi connectivity index (χ1v) is 6.65. The summed E-state index contributed by atoms with van der Waals surface area (Å²) in [6.07, 6.45) is 6.82. The number of carbonyl (C=O) groups is 1. The summed E-state index contributed by atoms with van der Waals surface area (Å²) in [5.41, 5.74) is 0.518. The van der Waals surface area contributed by atoms with Gasteiger partial charge in [0.05, 0.1) is 20.3 Å². The van der Waals surface area contributed by atoms with Crippen LogP contribution in [0.2, 0.25) is 0 Å². The van der Waals surface area contributed by atoms with Crippen LogP contribution in [0.25, 0.3) is 0 Å². The van der Waals surface area contributed by atoms with Crippen molar-refractivity contribution in [1.29, 1.82) is 0 Å². The number of rotatable bonds is 5. The maximum Gasteiger partial charge on any atom is 0.318 e. The fraction of sp³-hybridized carbons (Fsp3) is 0.438. The Hall–Kier alpha value is -1.61. The zero-order valence-electron chi connectivity index (χ0n) is 11.3. The van der Waals surface area contributed by atoms with Gasteiger partial charge in [0.1, 0.15) is 5.41 Å². The van der Waals surface area contributed by atoms with Crippen LogP contribution in [0, 0.1) is 5.41 Å². The zero-order chi connectivity index (χ0) is 13.6. The molecule has 0 bridgehead atoms. The number of methoxy groups -OCH3 is 1. The quantitative estimate of drug-likeness (QED) is 0.603. The maximum absolute atomic E-state index is 12.0. The second kappa shape index (κ2) is 6.53. The largest absolute Gasteiger partial charge is 0.468 e. The molecule has 0 spiro atoms. The molecule has 0 saturated carbocycles. The van der Waals surface area contributed by atoms with Gasteiger partial charge in [-0.3, -0.25) is 4.79 Å². The number of benzene rings is 1. The van der Waals surface area contributed by atoms with Crippen molar-refractivity contribution in [2.45, 2.75) is 25.9 Å². The van der Waals surface area contributed by atoms with Gasteiger partial charge in [0, 0.05) is 0 Å². The van der Waals surface area contributed by atoms with E-state index in [1.54, 1.807) is 0 Å². The summed E-state index contributed by atoms with van der Waals surface area (Å²) in [5.74, 6) is -0.198. The van der Waals surface area contributed by atoms with Gasteiger partial charge in [0.25, 0.3) is 0 Å². The molecule has 0 saturated heterocycles. The lowest BCUT2D eigenvalue weighted by Gasteiger charge is -2.30. The number of ether oxygens (including phenoxy) is 2. The Kier molecular flexibility index (Phi) is 4.74. The molecule has 3 heteroatoms. The maximum atomic E-state index is 12.0. The first-order chi connectivity index (χ1) is 9.27. The normalized spacial score (nSPS) is 22.2. The smallest absolute Gasteiger partial charge is 0.318 e. The second-order valence-electron chi connectivity index (χ2n) is 4.92.